The fraction of sp³-hybridized carbons (Fsp3) is 0.0833. The molecule has 0 fully saturated rings. The minimum Gasteiger partial charge on any atom is -0.495 e. The van der Waals surface area contributed by atoms with Crippen molar-refractivity contribution in [1.82, 2.24) is 0 Å². The Labute approximate surface area is 154 Å². The summed E-state index contributed by atoms with van der Waals surface area (Å²) in [5.41, 5.74) is 3.42. The zero-order chi connectivity index (χ0) is 18.2. The Kier molecular flexibility index (Phi) is 5.61. The number of benzene rings is 3. The van der Waals surface area contributed by atoms with E-state index in [1.807, 2.05) is 72.8 Å². The first kappa shape index (κ1) is 17.2. The van der Waals surface area contributed by atoms with Gasteiger partial charge in [-0.25, -0.2) is 0 Å². The normalized spacial score (nSPS) is 9.31. The van der Waals surface area contributed by atoms with Crippen molar-refractivity contribution in [3.05, 3.63) is 95.1 Å². The molecule has 0 aliphatic heterocycles. The van der Waals surface area contributed by atoms with E-state index < -0.39 is 0 Å². The molecule has 2 heteroatoms. The van der Waals surface area contributed by atoms with Crippen LogP contribution in [-0.4, -0.2) is 14.2 Å². The number of hydrogen-bond acceptors (Lipinski definition) is 2. The highest BCUT2D eigenvalue weighted by molar-refractivity contribution is 5.60. The summed E-state index contributed by atoms with van der Waals surface area (Å²) in [5.74, 6) is 13.9. The predicted octanol–water partition coefficient (Wildman–Crippen LogP) is 4.50. The van der Waals surface area contributed by atoms with Gasteiger partial charge in [0, 0.05) is 23.3 Å². The van der Waals surface area contributed by atoms with Crippen LogP contribution in [0, 0.1) is 23.7 Å². The van der Waals surface area contributed by atoms with Gasteiger partial charge in [-0.05, 0) is 24.3 Å². The van der Waals surface area contributed by atoms with Crippen LogP contribution in [0.3, 0.4) is 0 Å². The van der Waals surface area contributed by atoms with E-state index >= 15 is 0 Å². The predicted molar refractivity (Wildman–Crippen MR) is 104 cm³/mol. The Bertz CT molecular complexity index is 913. The van der Waals surface area contributed by atoms with Gasteiger partial charge in [0.1, 0.15) is 11.5 Å². The van der Waals surface area contributed by atoms with E-state index in [1.165, 1.54) is 0 Å². The zero-order valence-corrected chi connectivity index (χ0v) is 14.7. The molecule has 0 bridgehead atoms. The Morgan fingerprint density at radius 1 is 0.538 bits per heavy atom. The number of hydrogen-bond donors (Lipinski definition) is 0. The van der Waals surface area contributed by atoms with Crippen LogP contribution in [0.4, 0.5) is 0 Å². The van der Waals surface area contributed by atoms with E-state index in [4.69, 9.17) is 9.47 Å². The monoisotopic (exact) mass is 338 g/mol. The maximum Gasteiger partial charge on any atom is 0.136 e. The Morgan fingerprint density at radius 2 is 0.923 bits per heavy atom. The molecule has 0 aromatic heterocycles. The van der Waals surface area contributed by atoms with Crippen molar-refractivity contribution >= 4 is 0 Å². The standard InChI is InChI=1S/C24H18O2/c1-25-23-17-22(16-14-20-11-7-4-8-12-20)24(26-2)18-21(23)15-13-19-9-5-3-6-10-19/h3-12,17-18H,1-2H3. The molecule has 3 aromatic carbocycles. The van der Waals surface area contributed by atoms with Crippen molar-refractivity contribution in [2.75, 3.05) is 14.2 Å². The van der Waals surface area contributed by atoms with Gasteiger partial charge in [0.2, 0.25) is 0 Å². The van der Waals surface area contributed by atoms with Crippen LogP contribution >= 0.6 is 0 Å². The molecule has 0 atom stereocenters. The summed E-state index contributed by atoms with van der Waals surface area (Å²) in [7, 11) is 3.26. The highest BCUT2D eigenvalue weighted by atomic mass is 16.5. The van der Waals surface area contributed by atoms with E-state index in [9.17, 15) is 0 Å². The van der Waals surface area contributed by atoms with Crippen molar-refractivity contribution in [2.24, 2.45) is 0 Å². The van der Waals surface area contributed by atoms with Crippen LogP contribution in [0.2, 0.25) is 0 Å². The maximum absolute atomic E-state index is 5.50. The van der Waals surface area contributed by atoms with Crippen molar-refractivity contribution < 1.29 is 9.47 Å². The van der Waals surface area contributed by atoms with Gasteiger partial charge < -0.3 is 9.47 Å². The highest BCUT2D eigenvalue weighted by Crippen LogP contribution is 2.28. The van der Waals surface area contributed by atoms with Gasteiger partial charge in [-0.1, -0.05) is 60.1 Å². The van der Waals surface area contributed by atoms with Crippen LogP contribution in [0.5, 0.6) is 11.5 Å². The zero-order valence-electron chi connectivity index (χ0n) is 14.7. The van der Waals surface area contributed by atoms with Gasteiger partial charge in [-0.2, -0.15) is 0 Å². The second-order valence-corrected chi connectivity index (χ2v) is 5.48. The topological polar surface area (TPSA) is 18.5 Å². The molecular weight excluding hydrogens is 320 g/mol. The number of ether oxygens (including phenoxy) is 2. The van der Waals surface area contributed by atoms with E-state index in [-0.39, 0.29) is 0 Å². The van der Waals surface area contributed by atoms with Crippen LogP contribution < -0.4 is 9.47 Å². The molecule has 0 saturated carbocycles. The van der Waals surface area contributed by atoms with Crippen molar-refractivity contribution in [3.63, 3.8) is 0 Å². The average molecular weight is 338 g/mol. The molecule has 0 radical (unpaired) electrons. The summed E-state index contributed by atoms with van der Waals surface area (Å²) in [6.45, 7) is 0. The number of rotatable bonds is 2. The molecule has 0 aliphatic carbocycles. The van der Waals surface area contributed by atoms with E-state index in [0.717, 1.165) is 22.3 Å². The molecule has 0 N–H and O–H groups in total. The summed E-state index contributed by atoms with van der Waals surface area (Å²) >= 11 is 0. The molecule has 0 heterocycles. The first-order chi connectivity index (χ1) is 12.8. The van der Waals surface area contributed by atoms with E-state index in [0.29, 0.717) is 11.5 Å². The largest absolute Gasteiger partial charge is 0.495 e. The van der Waals surface area contributed by atoms with Crippen LogP contribution in [-0.2, 0) is 0 Å². The summed E-state index contributed by atoms with van der Waals surface area (Å²) < 4.78 is 11.0. The van der Waals surface area contributed by atoms with Crippen LogP contribution in [0.25, 0.3) is 0 Å². The fourth-order valence-electron chi connectivity index (χ4n) is 2.42. The molecule has 0 aliphatic rings. The minimum absolute atomic E-state index is 0.673. The van der Waals surface area contributed by atoms with Gasteiger partial charge in [0.25, 0.3) is 0 Å². The summed E-state index contributed by atoms with van der Waals surface area (Å²) in [6.07, 6.45) is 0. The van der Waals surface area contributed by atoms with Gasteiger partial charge in [-0.15, -0.1) is 0 Å². The molecular formula is C24H18O2. The quantitative estimate of drug-likeness (QED) is 0.640. The second kappa shape index (κ2) is 8.47. The average Bonchev–Trinajstić information content (AvgIpc) is 2.72. The molecule has 126 valence electrons. The lowest BCUT2D eigenvalue weighted by Gasteiger charge is -2.09. The van der Waals surface area contributed by atoms with Crippen LogP contribution in [0.15, 0.2) is 72.8 Å². The molecule has 3 rings (SSSR count). The third-order valence-electron chi connectivity index (χ3n) is 3.75. The summed E-state index contributed by atoms with van der Waals surface area (Å²) in [5, 5.41) is 0. The Balaban J connectivity index is 1.99. The lowest BCUT2D eigenvalue weighted by atomic mass is 10.1. The number of methoxy groups -OCH3 is 2. The lowest BCUT2D eigenvalue weighted by Crippen LogP contribution is -1.94. The Morgan fingerprint density at radius 3 is 1.27 bits per heavy atom. The second-order valence-electron chi connectivity index (χ2n) is 5.48. The Hall–Kier alpha value is -3.62. The third-order valence-corrected chi connectivity index (χ3v) is 3.75. The smallest absolute Gasteiger partial charge is 0.136 e. The van der Waals surface area contributed by atoms with Gasteiger partial charge >= 0.3 is 0 Å². The highest BCUT2D eigenvalue weighted by Gasteiger charge is 2.08. The molecule has 2 nitrogen and oxygen atoms in total. The first-order valence-electron chi connectivity index (χ1n) is 8.20. The third kappa shape index (κ3) is 4.26. The van der Waals surface area contributed by atoms with E-state index in [1.54, 1.807) is 14.2 Å². The SMILES string of the molecule is COc1cc(C#Cc2ccccc2)c(OC)cc1C#Cc1ccccc1. The molecule has 0 saturated heterocycles. The molecule has 26 heavy (non-hydrogen) atoms. The summed E-state index contributed by atoms with van der Waals surface area (Å²) in [6, 6.07) is 23.4. The van der Waals surface area contributed by atoms with Gasteiger partial charge in [0.15, 0.2) is 0 Å². The van der Waals surface area contributed by atoms with Crippen molar-refractivity contribution in [1.29, 1.82) is 0 Å². The first-order valence-corrected chi connectivity index (χ1v) is 8.20. The van der Waals surface area contributed by atoms with Crippen molar-refractivity contribution in [2.45, 2.75) is 0 Å². The van der Waals surface area contributed by atoms with Gasteiger partial charge in [-0.3, -0.25) is 0 Å². The minimum atomic E-state index is 0.673. The summed E-state index contributed by atoms with van der Waals surface area (Å²) in [4.78, 5) is 0. The fourth-order valence-corrected chi connectivity index (χ4v) is 2.42. The van der Waals surface area contributed by atoms with E-state index in [2.05, 4.69) is 23.7 Å². The molecule has 0 amide bonds. The van der Waals surface area contributed by atoms with Crippen molar-refractivity contribution in [3.8, 4) is 35.2 Å². The molecule has 0 unspecified atom stereocenters. The molecule has 3 aromatic rings. The lowest BCUT2D eigenvalue weighted by molar-refractivity contribution is 0.401. The maximum atomic E-state index is 5.50. The molecule has 0 spiro atoms. The van der Waals surface area contributed by atoms with Gasteiger partial charge in [0.05, 0.1) is 25.3 Å². The van der Waals surface area contributed by atoms with Crippen LogP contribution in [0.1, 0.15) is 22.3 Å².